The molecule has 0 radical (unpaired) electrons. The fourth-order valence-electron chi connectivity index (χ4n) is 0.977. The van der Waals surface area contributed by atoms with Crippen molar-refractivity contribution in [2.75, 3.05) is 12.4 Å². The first-order valence-electron chi connectivity index (χ1n) is 5.84. The Kier molecular flexibility index (Phi) is 16.6. The topological polar surface area (TPSA) is 89.3 Å². The third kappa shape index (κ3) is 16.1. The van der Waals surface area contributed by atoms with Gasteiger partial charge in [-0.3, -0.25) is 4.79 Å². The van der Waals surface area contributed by atoms with Crippen molar-refractivity contribution in [1.29, 1.82) is 0 Å². The van der Waals surface area contributed by atoms with Crippen molar-refractivity contribution in [2.24, 2.45) is 11.5 Å². The second-order valence-corrected chi connectivity index (χ2v) is 4.00. The molecular weight excluding hydrogens is 228 g/mol. The molecule has 0 spiro atoms. The van der Waals surface area contributed by atoms with Crippen LogP contribution in [0.3, 0.4) is 0 Å². The first kappa shape index (κ1) is 18.1. The minimum absolute atomic E-state index is 0.520. The number of carboxylic acids is 1. The van der Waals surface area contributed by atoms with Gasteiger partial charge in [-0.2, -0.15) is 0 Å². The Morgan fingerprint density at radius 2 is 1.94 bits per heavy atom. The van der Waals surface area contributed by atoms with Crippen LogP contribution in [0.15, 0.2) is 0 Å². The van der Waals surface area contributed by atoms with E-state index in [9.17, 15) is 4.79 Å². The average Bonchev–Trinajstić information content (AvgIpc) is 2.27. The van der Waals surface area contributed by atoms with E-state index in [4.69, 9.17) is 28.2 Å². The third-order valence-electron chi connectivity index (χ3n) is 2.02. The monoisotopic (exact) mass is 252 g/mol. The highest BCUT2D eigenvalue weighted by Crippen LogP contribution is 1.97. The largest absolute Gasteiger partial charge is 0.480 e. The lowest BCUT2D eigenvalue weighted by Crippen LogP contribution is -2.29. The highest BCUT2D eigenvalue weighted by Gasteiger charge is 2.09. The van der Waals surface area contributed by atoms with Gasteiger partial charge in [0.1, 0.15) is 6.04 Å². The van der Waals surface area contributed by atoms with E-state index in [1.807, 2.05) is 0 Å². The molecule has 98 valence electrons. The van der Waals surface area contributed by atoms with E-state index in [2.05, 4.69) is 6.92 Å². The molecule has 0 saturated heterocycles. The molecule has 0 unspecified atom stereocenters. The Bertz CT molecular complexity index is 153. The fraction of sp³-hybridized carbons (Fsp3) is 0.909. The zero-order valence-corrected chi connectivity index (χ0v) is 10.9. The lowest BCUT2D eigenvalue weighted by atomic mass is 10.1. The summed E-state index contributed by atoms with van der Waals surface area (Å²) in [7, 11) is 0. The lowest BCUT2D eigenvalue weighted by molar-refractivity contribution is -0.138. The molecule has 0 aromatic carbocycles. The zero-order chi connectivity index (χ0) is 12.8. The number of hydrogen-bond acceptors (Lipinski definition) is 3. The minimum Gasteiger partial charge on any atom is -0.480 e. The number of nitrogens with two attached hydrogens (primary N) is 2. The van der Waals surface area contributed by atoms with Gasteiger partial charge in [-0.05, 0) is 25.8 Å². The molecule has 5 heteroatoms. The molecule has 0 fully saturated rings. The molecule has 0 aliphatic rings. The minimum atomic E-state index is -0.933. The van der Waals surface area contributed by atoms with E-state index in [1.165, 1.54) is 19.3 Å². The molecule has 0 aromatic rings. The van der Waals surface area contributed by atoms with Crippen LogP contribution < -0.4 is 11.5 Å². The second-order valence-electron chi connectivity index (χ2n) is 3.63. The summed E-state index contributed by atoms with van der Waals surface area (Å²) in [5, 5.41) is 8.33. The second kappa shape index (κ2) is 14.7. The number of rotatable bonds is 8. The molecular formula is C11H25ClN2O2. The van der Waals surface area contributed by atoms with E-state index in [-0.39, 0.29) is 0 Å². The van der Waals surface area contributed by atoms with Crippen LogP contribution in [0.2, 0.25) is 0 Å². The van der Waals surface area contributed by atoms with Crippen LogP contribution in [-0.2, 0) is 4.79 Å². The summed E-state index contributed by atoms with van der Waals surface area (Å²) in [6, 6.07) is -0.716. The molecule has 1 atom stereocenters. The van der Waals surface area contributed by atoms with Gasteiger partial charge in [0, 0.05) is 5.88 Å². The molecule has 0 heterocycles. The molecule has 0 aliphatic heterocycles. The number of alkyl halides is 1. The van der Waals surface area contributed by atoms with Crippen LogP contribution >= 0.6 is 11.6 Å². The molecule has 0 aliphatic carbocycles. The van der Waals surface area contributed by atoms with Gasteiger partial charge in [0.05, 0.1) is 0 Å². The summed E-state index contributed by atoms with van der Waals surface area (Å²) in [6.07, 6.45) is 5.89. The summed E-state index contributed by atoms with van der Waals surface area (Å²) in [5.74, 6) is -0.106. The van der Waals surface area contributed by atoms with E-state index in [0.29, 0.717) is 13.0 Å². The average molecular weight is 253 g/mol. The van der Waals surface area contributed by atoms with Crippen molar-refractivity contribution in [2.45, 2.75) is 51.5 Å². The molecule has 0 amide bonds. The van der Waals surface area contributed by atoms with Crippen molar-refractivity contribution in [3.8, 4) is 0 Å². The number of halogens is 1. The number of unbranched alkanes of at least 4 members (excludes halogenated alkanes) is 3. The van der Waals surface area contributed by atoms with Crippen molar-refractivity contribution in [3.05, 3.63) is 0 Å². The van der Waals surface area contributed by atoms with Crippen molar-refractivity contribution in [1.82, 2.24) is 0 Å². The van der Waals surface area contributed by atoms with Gasteiger partial charge < -0.3 is 16.6 Å². The SMILES string of the molecule is CCCCCCl.NCCCC[C@H](N)C(=O)O. The smallest absolute Gasteiger partial charge is 0.320 e. The Labute approximate surface area is 103 Å². The van der Waals surface area contributed by atoms with Gasteiger partial charge in [-0.25, -0.2) is 0 Å². The quantitative estimate of drug-likeness (QED) is 0.455. The van der Waals surface area contributed by atoms with E-state index in [1.54, 1.807) is 0 Å². The Morgan fingerprint density at radius 1 is 1.31 bits per heavy atom. The number of carboxylic acid groups (broad SMARTS) is 1. The van der Waals surface area contributed by atoms with Gasteiger partial charge in [-0.1, -0.05) is 26.2 Å². The maximum atomic E-state index is 10.1. The van der Waals surface area contributed by atoms with E-state index < -0.39 is 12.0 Å². The van der Waals surface area contributed by atoms with Crippen LogP contribution in [0.5, 0.6) is 0 Å². The highest BCUT2D eigenvalue weighted by atomic mass is 35.5. The van der Waals surface area contributed by atoms with Gasteiger partial charge in [0.15, 0.2) is 0 Å². The highest BCUT2D eigenvalue weighted by molar-refractivity contribution is 6.17. The molecule has 0 rings (SSSR count). The standard InChI is InChI=1S/C6H14N2O2.C5H11Cl/c7-4-2-1-3-5(8)6(9)10;1-2-3-4-5-6/h5H,1-4,7-8H2,(H,9,10);2-5H2,1H3/t5-;/m0./s1. The maximum Gasteiger partial charge on any atom is 0.320 e. The fourth-order valence-corrected chi connectivity index (χ4v) is 1.17. The van der Waals surface area contributed by atoms with Crippen LogP contribution in [0.4, 0.5) is 0 Å². The van der Waals surface area contributed by atoms with Crippen molar-refractivity contribution in [3.63, 3.8) is 0 Å². The van der Waals surface area contributed by atoms with E-state index in [0.717, 1.165) is 18.7 Å². The van der Waals surface area contributed by atoms with Crippen molar-refractivity contribution >= 4 is 17.6 Å². The summed E-state index contributed by atoms with van der Waals surface area (Å²) in [5.41, 5.74) is 10.4. The molecule has 0 bridgehead atoms. The third-order valence-corrected chi connectivity index (χ3v) is 2.29. The number of aliphatic carboxylic acids is 1. The van der Waals surface area contributed by atoms with Crippen LogP contribution in [0, 0.1) is 0 Å². The Hall–Kier alpha value is -0.320. The normalized spacial score (nSPS) is 11.5. The first-order valence-corrected chi connectivity index (χ1v) is 6.38. The van der Waals surface area contributed by atoms with Crippen LogP contribution in [0.25, 0.3) is 0 Å². The van der Waals surface area contributed by atoms with Gasteiger partial charge in [-0.15, -0.1) is 11.6 Å². The summed E-state index contributed by atoms with van der Waals surface area (Å²) >= 11 is 5.38. The Morgan fingerprint density at radius 3 is 2.25 bits per heavy atom. The number of hydrogen-bond donors (Lipinski definition) is 3. The molecule has 4 nitrogen and oxygen atoms in total. The Balaban J connectivity index is 0. The van der Waals surface area contributed by atoms with Crippen LogP contribution in [-0.4, -0.2) is 29.5 Å². The van der Waals surface area contributed by atoms with Crippen LogP contribution in [0.1, 0.15) is 45.4 Å². The predicted octanol–water partition coefficient (Wildman–Crippen LogP) is 1.94. The van der Waals surface area contributed by atoms with Crippen molar-refractivity contribution < 1.29 is 9.90 Å². The predicted molar refractivity (Wildman–Crippen MR) is 68.8 cm³/mol. The summed E-state index contributed by atoms with van der Waals surface area (Å²) in [4.78, 5) is 10.1. The molecule has 5 N–H and O–H groups in total. The van der Waals surface area contributed by atoms with Gasteiger partial charge in [0.25, 0.3) is 0 Å². The maximum absolute atomic E-state index is 10.1. The van der Waals surface area contributed by atoms with Gasteiger partial charge in [0.2, 0.25) is 0 Å². The zero-order valence-electron chi connectivity index (χ0n) is 10.1. The number of carbonyl (C=O) groups is 1. The molecule has 0 saturated carbocycles. The molecule has 0 aromatic heterocycles. The van der Waals surface area contributed by atoms with E-state index >= 15 is 0 Å². The first-order chi connectivity index (χ1) is 7.59. The summed E-state index contributed by atoms with van der Waals surface area (Å²) < 4.78 is 0. The van der Waals surface area contributed by atoms with Gasteiger partial charge >= 0.3 is 5.97 Å². The lowest BCUT2D eigenvalue weighted by Gasteiger charge is -2.03. The molecule has 16 heavy (non-hydrogen) atoms. The summed E-state index contributed by atoms with van der Waals surface area (Å²) in [6.45, 7) is 2.78.